The molecule has 5 nitrogen and oxygen atoms in total. The first-order valence-electron chi connectivity index (χ1n) is 6.06. The van der Waals surface area contributed by atoms with Gasteiger partial charge in [0.2, 0.25) is 0 Å². The van der Waals surface area contributed by atoms with Crippen molar-refractivity contribution in [2.45, 2.75) is 11.8 Å². The van der Waals surface area contributed by atoms with E-state index in [-0.39, 0.29) is 4.90 Å². The molecule has 0 unspecified atom stereocenters. The highest BCUT2D eigenvalue weighted by molar-refractivity contribution is 9.10. The fraction of sp³-hybridized carbons (Fsp3) is 0.143. The lowest BCUT2D eigenvalue weighted by atomic mass is 10.2. The fourth-order valence-electron chi connectivity index (χ4n) is 1.89. The van der Waals surface area contributed by atoms with Crippen molar-refractivity contribution in [2.75, 3.05) is 17.6 Å². The molecule has 21 heavy (non-hydrogen) atoms. The second kappa shape index (κ2) is 5.95. The van der Waals surface area contributed by atoms with Gasteiger partial charge >= 0.3 is 0 Å². The second-order valence-corrected chi connectivity index (χ2v) is 6.95. The first-order chi connectivity index (χ1) is 9.85. The third-order valence-electron chi connectivity index (χ3n) is 2.94. The van der Waals surface area contributed by atoms with Crippen LogP contribution in [0, 0.1) is 6.92 Å². The van der Waals surface area contributed by atoms with Gasteiger partial charge in [-0.25, -0.2) is 8.42 Å². The smallest absolute Gasteiger partial charge is 0.262 e. The summed E-state index contributed by atoms with van der Waals surface area (Å²) in [6.07, 6.45) is 0. The van der Waals surface area contributed by atoms with Gasteiger partial charge in [0.25, 0.3) is 10.0 Å². The van der Waals surface area contributed by atoms with Gasteiger partial charge in [0.05, 0.1) is 17.7 Å². The average molecular weight is 371 g/mol. The topological polar surface area (TPSA) is 81.4 Å². The van der Waals surface area contributed by atoms with E-state index >= 15 is 0 Å². The lowest BCUT2D eigenvalue weighted by Gasteiger charge is -2.14. The van der Waals surface area contributed by atoms with E-state index in [1.165, 1.54) is 13.2 Å². The Labute approximate surface area is 132 Å². The largest absolute Gasteiger partial charge is 0.495 e. The summed E-state index contributed by atoms with van der Waals surface area (Å²) >= 11 is 3.28. The maximum Gasteiger partial charge on any atom is 0.262 e. The first-order valence-corrected chi connectivity index (χ1v) is 8.34. The zero-order valence-corrected chi connectivity index (χ0v) is 14.0. The Balaban J connectivity index is 2.46. The van der Waals surface area contributed by atoms with Crippen LogP contribution >= 0.6 is 15.9 Å². The lowest BCUT2D eigenvalue weighted by molar-refractivity contribution is 0.417. The predicted molar refractivity (Wildman–Crippen MR) is 87.1 cm³/mol. The van der Waals surface area contributed by atoms with Crippen molar-refractivity contribution in [1.82, 2.24) is 0 Å². The normalized spacial score (nSPS) is 11.2. The maximum absolute atomic E-state index is 12.5. The number of halogens is 1. The number of nitrogen functional groups attached to an aromatic ring is 1. The van der Waals surface area contributed by atoms with E-state index in [9.17, 15) is 8.42 Å². The molecule has 0 aliphatic carbocycles. The molecule has 0 saturated carbocycles. The fourth-order valence-corrected chi connectivity index (χ4v) is 3.68. The van der Waals surface area contributed by atoms with E-state index in [1.54, 1.807) is 37.3 Å². The van der Waals surface area contributed by atoms with Crippen molar-refractivity contribution >= 4 is 37.3 Å². The molecule has 0 heterocycles. The van der Waals surface area contributed by atoms with Crippen LogP contribution in [0.2, 0.25) is 0 Å². The highest BCUT2D eigenvalue weighted by Crippen LogP contribution is 2.30. The Morgan fingerprint density at radius 3 is 2.57 bits per heavy atom. The van der Waals surface area contributed by atoms with E-state index in [4.69, 9.17) is 10.5 Å². The van der Waals surface area contributed by atoms with E-state index in [0.717, 1.165) is 0 Å². The van der Waals surface area contributed by atoms with Crippen molar-refractivity contribution in [1.29, 1.82) is 0 Å². The second-order valence-electron chi connectivity index (χ2n) is 4.45. The van der Waals surface area contributed by atoms with Crippen LogP contribution in [0.4, 0.5) is 11.4 Å². The molecule has 0 aliphatic heterocycles. The number of aryl methyl sites for hydroxylation is 1. The van der Waals surface area contributed by atoms with Crippen LogP contribution in [-0.2, 0) is 10.0 Å². The number of sulfonamides is 1. The molecule has 0 fully saturated rings. The van der Waals surface area contributed by atoms with Crippen molar-refractivity contribution in [2.24, 2.45) is 0 Å². The Morgan fingerprint density at radius 1 is 1.24 bits per heavy atom. The minimum Gasteiger partial charge on any atom is -0.495 e. The number of hydrogen-bond donors (Lipinski definition) is 2. The number of para-hydroxylation sites is 2. The summed E-state index contributed by atoms with van der Waals surface area (Å²) in [6.45, 7) is 1.71. The molecule has 2 aromatic carbocycles. The molecule has 0 amide bonds. The molecule has 2 aromatic rings. The van der Waals surface area contributed by atoms with Crippen LogP contribution in [0.25, 0.3) is 0 Å². The zero-order chi connectivity index (χ0) is 15.6. The summed E-state index contributed by atoms with van der Waals surface area (Å²) in [5.74, 6) is 0.448. The molecular weight excluding hydrogens is 356 g/mol. The molecule has 0 aliphatic rings. The van der Waals surface area contributed by atoms with Crippen LogP contribution in [0.3, 0.4) is 0 Å². The Morgan fingerprint density at radius 2 is 1.90 bits per heavy atom. The molecule has 3 N–H and O–H groups in total. The number of anilines is 2. The molecule has 0 atom stereocenters. The Hall–Kier alpha value is -1.73. The van der Waals surface area contributed by atoms with Gasteiger partial charge in [-0.2, -0.15) is 0 Å². The quantitative estimate of drug-likeness (QED) is 0.809. The molecular formula is C14H15BrN2O3S. The highest BCUT2D eigenvalue weighted by Gasteiger charge is 2.20. The number of methoxy groups -OCH3 is 1. The number of nitrogens with two attached hydrogens (primary N) is 1. The number of nitrogens with one attached hydrogen (secondary N) is 1. The average Bonchev–Trinajstić information content (AvgIpc) is 2.43. The van der Waals surface area contributed by atoms with Crippen molar-refractivity contribution in [3.05, 3.63) is 46.4 Å². The molecule has 0 spiro atoms. The summed E-state index contributed by atoms with van der Waals surface area (Å²) in [5, 5.41) is 0. The van der Waals surface area contributed by atoms with Crippen LogP contribution in [-0.4, -0.2) is 15.5 Å². The zero-order valence-electron chi connectivity index (χ0n) is 11.6. The first kappa shape index (κ1) is 15.7. The minimum absolute atomic E-state index is 0.133. The number of hydrogen-bond acceptors (Lipinski definition) is 4. The summed E-state index contributed by atoms with van der Waals surface area (Å²) in [7, 11) is -2.26. The van der Waals surface area contributed by atoms with Crippen LogP contribution in [0.15, 0.2) is 45.8 Å². The van der Waals surface area contributed by atoms with E-state index in [1.807, 2.05) is 0 Å². The van der Waals surface area contributed by atoms with Gasteiger partial charge in [-0.05, 0) is 52.7 Å². The predicted octanol–water partition coefficient (Wildman–Crippen LogP) is 3.15. The van der Waals surface area contributed by atoms with Gasteiger partial charge in [-0.3, -0.25) is 4.72 Å². The van der Waals surface area contributed by atoms with E-state index in [0.29, 0.717) is 27.2 Å². The third kappa shape index (κ3) is 3.30. The Kier molecular flexibility index (Phi) is 4.43. The maximum atomic E-state index is 12.5. The number of rotatable bonds is 4. The summed E-state index contributed by atoms with van der Waals surface area (Å²) in [4.78, 5) is 0.133. The van der Waals surface area contributed by atoms with Crippen molar-refractivity contribution in [3.8, 4) is 5.75 Å². The molecule has 0 saturated heterocycles. The SMILES string of the molecule is COc1ccccc1NS(=O)(=O)c1cc(N)c(Br)cc1C. The monoisotopic (exact) mass is 370 g/mol. The van der Waals surface area contributed by atoms with Crippen LogP contribution in [0.5, 0.6) is 5.75 Å². The van der Waals surface area contributed by atoms with Gasteiger partial charge < -0.3 is 10.5 Å². The van der Waals surface area contributed by atoms with Crippen LogP contribution < -0.4 is 15.2 Å². The highest BCUT2D eigenvalue weighted by atomic mass is 79.9. The van der Waals surface area contributed by atoms with E-state index < -0.39 is 10.0 Å². The molecule has 0 bridgehead atoms. The summed E-state index contributed by atoms with van der Waals surface area (Å²) < 4.78 is 33.4. The number of benzene rings is 2. The number of ether oxygens (including phenoxy) is 1. The third-order valence-corrected chi connectivity index (χ3v) is 5.13. The lowest BCUT2D eigenvalue weighted by Crippen LogP contribution is -2.15. The van der Waals surface area contributed by atoms with Crippen LogP contribution in [0.1, 0.15) is 5.56 Å². The molecule has 0 radical (unpaired) electrons. The molecule has 2 rings (SSSR count). The summed E-state index contributed by atoms with van der Waals surface area (Å²) in [6, 6.07) is 9.90. The van der Waals surface area contributed by atoms with Gasteiger partial charge in [0, 0.05) is 10.2 Å². The standard InChI is InChI=1S/C14H15BrN2O3S/c1-9-7-10(15)11(16)8-14(9)21(18,19)17-12-5-3-4-6-13(12)20-2/h3-8,17H,16H2,1-2H3. The van der Waals surface area contributed by atoms with Gasteiger partial charge in [-0.15, -0.1) is 0 Å². The van der Waals surface area contributed by atoms with E-state index in [2.05, 4.69) is 20.7 Å². The Bertz CT molecular complexity index is 776. The van der Waals surface area contributed by atoms with Gasteiger partial charge in [-0.1, -0.05) is 12.1 Å². The van der Waals surface area contributed by atoms with Gasteiger partial charge in [0.1, 0.15) is 5.75 Å². The molecule has 112 valence electrons. The molecule has 7 heteroatoms. The van der Waals surface area contributed by atoms with Gasteiger partial charge in [0.15, 0.2) is 0 Å². The molecule has 0 aromatic heterocycles. The minimum atomic E-state index is -3.75. The van der Waals surface area contributed by atoms with Crippen molar-refractivity contribution < 1.29 is 13.2 Å². The van der Waals surface area contributed by atoms with Crippen molar-refractivity contribution in [3.63, 3.8) is 0 Å². The summed E-state index contributed by atoms with van der Waals surface area (Å²) in [5.41, 5.74) is 7.11.